The molecule has 0 bridgehead atoms. The summed E-state index contributed by atoms with van der Waals surface area (Å²) in [6.45, 7) is 2.42. The first-order chi connectivity index (χ1) is 10.1. The molecule has 1 N–H and O–H groups in total. The molecule has 1 amide bonds. The summed E-state index contributed by atoms with van der Waals surface area (Å²) in [4.78, 5) is 16.1. The van der Waals surface area contributed by atoms with Crippen molar-refractivity contribution < 1.29 is 14.1 Å². The van der Waals surface area contributed by atoms with Gasteiger partial charge in [0.15, 0.2) is 5.82 Å². The Labute approximate surface area is 126 Å². The van der Waals surface area contributed by atoms with E-state index in [0.29, 0.717) is 29.8 Å². The average Bonchev–Trinajstić information content (AvgIpc) is 3.10. The van der Waals surface area contributed by atoms with Gasteiger partial charge in [0.25, 0.3) is 0 Å². The Hall–Kier alpha value is -1.93. The minimum atomic E-state index is -0.475. The molecule has 0 aliphatic heterocycles. The van der Waals surface area contributed by atoms with Crippen LogP contribution in [0, 0.1) is 0 Å². The molecule has 1 atom stereocenters. The summed E-state index contributed by atoms with van der Waals surface area (Å²) in [5.41, 5.74) is 0. The summed E-state index contributed by atoms with van der Waals surface area (Å²) < 4.78 is 11.4. The Morgan fingerprint density at radius 3 is 3.10 bits per heavy atom. The number of ether oxygens (including phenoxy) is 1. The highest BCUT2D eigenvalue weighted by molar-refractivity contribution is 6.30. The molecular weight excluding hydrogens is 298 g/mol. The summed E-state index contributed by atoms with van der Waals surface area (Å²) >= 11 is 5.77. The number of halogens is 1. The van der Waals surface area contributed by atoms with Gasteiger partial charge in [-0.15, -0.1) is 0 Å². The van der Waals surface area contributed by atoms with Gasteiger partial charge in [0.05, 0.1) is 30.8 Å². The zero-order chi connectivity index (χ0) is 15.2. The highest BCUT2D eigenvalue weighted by atomic mass is 35.5. The zero-order valence-electron chi connectivity index (χ0n) is 11.7. The minimum absolute atomic E-state index is 0.189. The molecule has 0 aromatic carbocycles. The van der Waals surface area contributed by atoms with Crippen molar-refractivity contribution >= 4 is 17.5 Å². The molecule has 9 heteroatoms. The second kappa shape index (κ2) is 7.19. The highest BCUT2D eigenvalue weighted by Gasteiger charge is 2.16. The molecule has 2 aromatic heterocycles. The van der Waals surface area contributed by atoms with Crippen LogP contribution in [0.3, 0.4) is 0 Å². The van der Waals surface area contributed by atoms with E-state index in [2.05, 4.69) is 20.6 Å². The Bertz CT molecular complexity index is 597. The molecule has 0 unspecified atom stereocenters. The van der Waals surface area contributed by atoms with E-state index in [4.69, 9.17) is 20.9 Å². The van der Waals surface area contributed by atoms with E-state index in [0.717, 1.165) is 0 Å². The predicted octanol–water partition coefficient (Wildman–Crippen LogP) is 0.986. The van der Waals surface area contributed by atoms with E-state index in [1.165, 1.54) is 10.9 Å². The van der Waals surface area contributed by atoms with Gasteiger partial charge in [0.2, 0.25) is 11.8 Å². The number of carbonyl (C=O) groups excluding carboxylic acids is 1. The fourth-order valence-corrected chi connectivity index (χ4v) is 1.76. The maximum Gasteiger partial charge on any atom is 0.244 e. The molecule has 0 aliphatic carbocycles. The van der Waals surface area contributed by atoms with Crippen molar-refractivity contribution in [3.8, 4) is 0 Å². The van der Waals surface area contributed by atoms with Gasteiger partial charge in [0, 0.05) is 13.3 Å². The van der Waals surface area contributed by atoms with Crippen molar-refractivity contribution in [1.29, 1.82) is 0 Å². The fraction of sp³-hybridized carbons (Fsp3) is 0.500. The zero-order valence-corrected chi connectivity index (χ0v) is 12.5. The van der Waals surface area contributed by atoms with Gasteiger partial charge in [-0.05, 0) is 6.92 Å². The molecule has 0 aliphatic rings. The molecule has 0 radical (unpaired) electrons. The van der Waals surface area contributed by atoms with Crippen molar-refractivity contribution in [1.82, 2.24) is 25.2 Å². The van der Waals surface area contributed by atoms with E-state index >= 15 is 0 Å². The molecule has 21 heavy (non-hydrogen) atoms. The van der Waals surface area contributed by atoms with Crippen LogP contribution in [0.2, 0.25) is 5.02 Å². The number of methoxy groups -OCH3 is 1. The smallest absolute Gasteiger partial charge is 0.244 e. The maximum atomic E-state index is 12.0. The highest BCUT2D eigenvalue weighted by Crippen LogP contribution is 2.10. The van der Waals surface area contributed by atoms with Crippen molar-refractivity contribution in [2.45, 2.75) is 25.9 Å². The number of nitrogens with one attached hydrogen (secondary N) is 1. The standard InChI is InChI=1S/C12H16ClN5O3/c1-8(18-7-9(13)5-15-18)12(19)14-6-10-16-11(21-17-10)3-4-20-2/h5,7-8H,3-4,6H2,1-2H3,(H,14,19)/t8-/m0/s1. The van der Waals surface area contributed by atoms with E-state index < -0.39 is 6.04 Å². The van der Waals surface area contributed by atoms with Crippen LogP contribution in [-0.2, 0) is 22.5 Å². The third-order valence-electron chi connectivity index (χ3n) is 2.80. The quantitative estimate of drug-likeness (QED) is 0.819. The van der Waals surface area contributed by atoms with Gasteiger partial charge in [0.1, 0.15) is 6.04 Å². The second-order valence-corrected chi connectivity index (χ2v) is 4.82. The fourth-order valence-electron chi connectivity index (χ4n) is 1.61. The normalized spacial score (nSPS) is 12.3. The second-order valence-electron chi connectivity index (χ2n) is 4.38. The molecule has 2 rings (SSSR count). The molecule has 0 saturated carbocycles. The number of carbonyl (C=O) groups is 1. The van der Waals surface area contributed by atoms with Crippen LogP contribution < -0.4 is 5.32 Å². The number of aromatic nitrogens is 4. The molecule has 0 fully saturated rings. The molecule has 0 saturated heterocycles. The Morgan fingerprint density at radius 2 is 2.43 bits per heavy atom. The lowest BCUT2D eigenvalue weighted by atomic mass is 10.3. The topological polar surface area (TPSA) is 95.1 Å². The van der Waals surface area contributed by atoms with Crippen LogP contribution in [0.25, 0.3) is 0 Å². The van der Waals surface area contributed by atoms with Crippen molar-refractivity contribution in [3.05, 3.63) is 29.1 Å². The van der Waals surface area contributed by atoms with E-state index in [9.17, 15) is 4.79 Å². The largest absolute Gasteiger partial charge is 0.384 e. The summed E-state index contributed by atoms with van der Waals surface area (Å²) in [7, 11) is 1.60. The van der Waals surface area contributed by atoms with Crippen LogP contribution in [0.4, 0.5) is 0 Å². The third-order valence-corrected chi connectivity index (χ3v) is 2.99. The van der Waals surface area contributed by atoms with Crippen LogP contribution in [0.1, 0.15) is 24.7 Å². The van der Waals surface area contributed by atoms with Crippen molar-refractivity contribution in [3.63, 3.8) is 0 Å². The summed E-state index contributed by atoms with van der Waals surface area (Å²) in [6.07, 6.45) is 3.61. The number of hydrogen-bond acceptors (Lipinski definition) is 6. The first-order valence-electron chi connectivity index (χ1n) is 6.38. The van der Waals surface area contributed by atoms with Gasteiger partial charge in [-0.1, -0.05) is 16.8 Å². The predicted molar refractivity (Wildman–Crippen MR) is 73.7 cm³/mol. The first kappa shape index (κ1) is 15.5. The van der Waals surface area contributed by atoms with Gasteiger partial charge in [-0.25, -0.2) is 0 Å². The summed E-state index contributed by atoms with van der Waals surface area (Å²) in [6, 6.07) is -0.475. The Balaban J connectivity index is 1.84. The Kier molecular flexibility index (Phi) is 5.29. The number of amides is 1. The number of rotatable bonds is 7. The van der Waals surface area contributed by atoms with Crippen molar-refractivity contribution in [2.24, 2.45) is 0 Å². The number of nitrogens with zero attached hydrogens (tertiary/aromatic N) is 4. The molecule has 0 spiro atoms. The SMILES string of the molecule is COCCc1nc(CNC(=O)[C@H](C)n2cc(Cl)cn2)no1. The van der Waals surface area contributed by atoms with Crippen LogP contribution in [-0.4, -0.2) is 39.5 Å². The van der Waals surface area contributed by atoms with Crippen LogP contribution >= 0.6 is 11.6 Å². The lowest BCUT2D eigenvalue weighted by Crippen LogP contribution is -2.31. The minimum Gasteiger partial charge on any atom is -0.384 e. The molecule has 2 aromatic rings. The van der Waals surface area contributed by atoms with Gasteiger partial charge < -0.3 is 14.6 Å². The summed E-state index contributed by atoms with van der Waals surface area (Å²) in [5, 5.41) is 11.0. The number of hydrogen-bond donors (Lipinski definition) is 1. The summed E-state index contributed by atoms with van der Waals surface area (Å²) in [5.74, 6) is 0.686. The molecular formula is C12H16ClN5O3. The molecule has 2 heterocycles. The first-order valence-corrected chi connectivity index (χ1v) is 6.75. The third kappa shape index (κ3) is 4.27. The Morgan fingerprint density at radius 1 is 1.62 bits per heavy atom. The average molecular weight is 314 g/mol. The monoisotopic (exact) mass is 313 g/mol. The van der Waals surface area contributed by atoms with Gasteiger partial charge in [-0.2, -0.15) is 10.1 Å². The van der Waals surface area contributed by atoms with Crippen LogP contribution in [0.5, 0.6) is 0 Å². The lowest BCUT2D eigenvalue weighted by molar-refractivity contribution is -0.124. The van der Waals surface area contributed by atoms with Gasteiger partial charge >= 0.3 is 0 Å². The lowest BCUT2D eigenvalue weighted by Gasteiger charge is -2.11. The van der Waals surface area contributed by atoms with Gasteiger partial charge in [-0.3, -0.25) is 9.48 Å². The molecule has 114 valence electrons. The van der Waals surface area contributed by atoms with Crippen molar-refractivity contribution in [2.75, 3.05) is 13.7 Å². The van der Waals surface area contributed by atoms with Crippen LogP contribution in [0.15, 0.2) is 16.9 Å². The maximum absolute atomic E-state index is 12.0. The van der Waals surface area contributed by atoms with E-state index in [1.54, 1.807) is 20.2 Å². The van der Waals surface area contributed by atoms with E-state index in [1.807, 2.05) is 0 Å². The van der Waals surface area contributed by atoms with E-state index in [-0.39, 0.29) is 12.5 Å². The molecule has 8 nitrogen and oxygen atoms in total.